The van der Waals surface area contributed by atoms with E-state index in [0.29, 0.717) is 21.5 Å². The van der Waals surface area contributed by atoms with Gasteiger partial charge in [0.1, 0.15) is 10.7 Å². The summed E-state index contributed by atoms with van der Waals surface area (Å²) in [5.74, 6) is -0.432. The normalized spacial score (nSPS) is 10.8. The van der Waals surface area contributed by atoms with Gasteiger partial charge in [0.05, 0.1) is 5.75 Å². The maximum Gasteiger partial charge on any atom is 0.227 e. The maximum absolute atomic E-state index is 13.2. The van der Waals surface area contributed by atoms with Gasteiger partial charge in [-0.15, -0.1) is 0 Å². The van der Waals surface area contributed by atoms with E-state index in [2.05, 4.69) is 10.3 Å². The second-order valence-electron chi connectivity index (χ2n) is 7.40. The molecular weight excluding hydrogens is 450 g/mol. The van der Waals surface area contributed by atoms with E-state index in [1.807, 2.05) is 91.0 Å². The summed E-state index contributed by atoms with van der Waals surface area (Å²) in [6.45, 7) is 0. The summed E-state index contributed by atoms with van der Waals surface area (Å²) in [4.78, 5) is 29.1. The zero-order valence-electron chi connectivity index (χ0n) is 17.8. The average molecular weight is 474 g/mol. The molecule has 33 heavy (non-hydrogen) atoms. The second-order valence-corrected chi connectivity index (χ2v) is 9.63. The van der Waals surface area contributed by atoms with Gasteiger partial charge in [-0.25, -0.2) is 4.98 Å². The van der Waals surface area contributed by atoms with E-state index >= 15 is 0 Å². The van der Waals surface area contributed by atoms with E-state index in [9.17, 15) is 9.59 Å². The van der Waals surface area contributed by atoms with Gasteiger partial charge in [-0.3, -0.25) is 9.59 Å². The Labute approximate surface area is 201 Å². The fraction of sp³-hybridized carbons (Fsp3) is 0.115. The summed E-state index contributed by atoms with van der Waals surface area (Å²) in [5.41, 5.74) is 9.06. The van der Waals surface area contributed by atoms with Crippen LogP contribution in [0.4, 0.5) is 5.00 Å². The van der Waals surface area contributed by atoms with Crippen LogP contribution in [0.5, 0.6) is 0 Å². The smallest absolute Gasteiger partial charge is 0.227 e. The minimum absolute atomic E-state index is 0.0656. The Bertz CT molecular complexity index is 1170. The highest BCUT2D eigenvalue weighted by molar-refractivity contribution is 8.01. The van der Waals surface area contributed by atoms with Gasteiger partial charge in [0, 0.05) is 17.9 Å². The lowest BCUT2D eigenvalue weighted by Crippen LogP contribution is -2.16. The van der Waals surface area contributed by atoms with Gasteiger partial charge in [-0.05, 0) is 11.1 Å². The predicted octanol–water partition coefficient (Wildman–Crippen LogP) is 5.55. The molecule has 3 N–H and O–H groups in total. The number of amides is 2. The van der Waals surface area contributed by atoms with Crippen molar-refractivity contribution in [3.05, 3.63) is 102 Å². The first-order chi connectivity index (χ1) is 16.1. The van der Waals surface area contributed by atoms with E-state index < -0.39 is 5.91 Å². The molecule has 0 saturated carbocycles. The van der Waals surface area contributed by atoms with Crippen molar-refractivity contribution in [3.8, 4) is 11.3 Å². The van der Waals surface area contributed by atoms with Gasteiger partial charge < -0.3 is 11.1 Å². The lowest BCUT2D eigenvalue weighted by atomic mass is 9.88. The number of nitrogens with zero attached hydrogens (tertiary/aromatic N) is 1. The molecule has 0 saturated heterocycles. The van der Waals surface area contributed by atoms with Crippen LogP contribution >= 0.6 is 23.1 Å². The number of aromatic nitrogens is 1. The number of nitrogens with one attached hydrogen (secondary N) is 1. The summed E-state index contributed by atoms with van der Waals surface area (Å²) in [6, 6.07) is 29.8. The van der Waals surface area contributed by atoms with Crippen LogP contribution in [0, 0.1) is 0 Å². The first-order valence-corrected chi connectivity index (χ1v) is 12.3. The van der Waals surface area contributed by atoms with E-state index in [4.69, 9.17) is 5.73 Å². The fourth-order valence-corrected chi connectivity index (χ4v) is 5.35. The number of benzene rings is 3. The number of carbonyl (C=O) groups excluding carboxylic acids is 2. The van der Waals surface area contributed by atoms with E-state index in [-0.39, 0.29) is 17.6 Å². The molecule has 4 rings (SSSR count). The van der Waals surface area contributed by atoms with Crippen LogP contribution in [-0.2, 0) is 9.59 Å². The molecule has 4 aromatic rings. The third kappa shape index (κ3) is 6.09. The van der Waals surface area contributed by atoms with Crippen LogP contribution in [0.1, 0.15) is 23.5 Å². The van der Waals surface area contributed by atoms with Crippen LogP contribution in [0.15, 0.2) is 95.3 Å². The highest BCUT2D eigenvalue weighted by Gasteiger charge is 2.21. The van der Waals surface area contributed by atoms with Crippen molar-refractivity contribution in [3.63, 3.8) is 0 Å². The van der Waals surface area contributed by atoms with Crippen molar-refractivity contribution in [2.75, 3.05) is 11.1 Å². The number of thioether (sulfide) groups is 1. The van der Waals surface area contributed by atoms with Gasteiger partial charge in [-0.1, -0.05) is 114 Å². The quantitative estimate of drug-likeness (QED) is 0.312. The van der Waals surface area contributed by atoms with E-state index in [1.165, 1.54) is 23.1 Å². The Kier molecular flexibility index (Phi) is 7.55. The molecular formula is C26H23N3O2S2. The fourth-order valence-electron chi connectivity index (χ4n) is 3.53. The second kappa shape index (κ2) is 10.9. The monoisotopic (exact) mass is 473 g/mol. The Morgan fingerprint density at radius 2 is 1.42 bits per heavy atom. The van der Waals surface area contributed by atoms with Crippen LogP contribution in [0.2, 0.25) is 0 Å². The molecule has 0 aliphatic carbocycles. The summed E-state index contributed by atoms with van der Waals surface area (Å²) in [7, 11) is 0. The average Bonchev–Trinajstić information content (AvgIpc) is 3.25. The molecule has 5 nitrogen and oxygen atoms in total. The number of hydrogen-bond acceptors (Lipinski definition) is 5. The zero-order chi connectivity index (χ0) is 23.0. The first-order valence-electron chi connectivity index (χ1n) is 10.5. The van der Waals surface area contributed by atoms with Gasteiger partial charge in [0.15, 0.2) is 4.34 Å². The van der Waals surface area contributed by atoms with Gasteiger partial charge in [0.25, 0.3) is 0 Å². The zero-order valence-corrected chi connectivity index (χ0v) is 19.4. The Balaban J connectivity index is 1.59. The number of thiazole rings is 1. The molecule has 0 unspecified atom stereocenters. The summed E-state index contributed by atoms with van der Waals surface area (Å²) >= 11 is 2.63. The SMILES string of the molecule is NC(=O)CSc1nc(-c2ccccc2)c(NC(=O)CC(c2ccccc2)c2ccccc2)s1. The molecule has 0 aliphatic rings. The number of hydrogen-bond donors (Lipinski definition) is 2. The molecule has 1 aromatic heterocycles. The molecule has 3 aromatic carbocycles. The molecule has 0 bridgehead atoms. The first kappa shape index (κ1) is 22.8. The van der Waals surface area contributed by atoms with Crippen molar-refractivity contribution >= 4 is 39.9 Å². The lowest BCUT2D eigenvalue weighted by Gasteiger charge is -2.18. The summed E-state index contributed by atoms with van der Waals surface area (Å²) in [5, 5.41) is 3.74. The molecule has 166 valence electrons. The Morgan fingerprint density at radius 1 is 0.879 bits per heavy atom. The predicted molar refractivity (Wildman–Crippen MR) is 135 cm³/mol. The Morgan fingerprint density at radius 3 is 1.97 bits per heavy atom. The van der Waals surface area contributed by atoms with Crippen molar-refractivity contribution < 1.29 is 9.59 Å². The molecule has 7 heteroatoms. The van der Waals surface area contributed by atoms with Gasteiger partial charge in [-0.2, -0.15) is 0 Å². The van der Waals surface area contributed by atoms with Crippen LogP contribution in [0.3, 0.4) is 0 Å². The number of nitrogens with two attached hydrogens (primary N) is 1. The minimum Gasteiger partial charge on any atom is -0.369 e. The van der Waals surface area contributed by atoms with Crippen molar-refractivity contribution in [2.24, 2.45) is 5.73 Å². The minimum atomic E-state index is -0.407. The largest absolute Gasteiger partial charge is 0.369 e. The van der Waals surface area contributed by atoms with E-state index in [0.717, 1.165) is 16.7 Å². The number of rotatable bonds is 9. The van der Waals surface area contributed by atoms with E-state index in [1.54, 1.807) is 0 Å². The summed E-state index contributed by atoms with van der Waals surface area (Å²) in [6.07, 6.45) is 0.296. The topological polar surface area (TPSA) is 85.1 Å². The standard InChI is InChI=1S/C26H23N3O2S2/c27-22(30)17-32-26-29-24(20-14-8-3-9-15-20)25(33-26)28-23(31)16-21(18-10-4-1-5-11-18)19-12-6-2-7-13-19/h1-15,21H,16-17H2,(H2,27,30)(H,28,31). The van der Waals surface area contributed by atoms with Crippen LogP contribution in [0.25, 0.3) is 11.3 Å². The molecule has 0 radical (unpaired) electrons. The third-order valence-electron chi connectivity index (χ3n) is 5.04. The van der Waals surface area contributed by atoms with Crippen molar-refractivity contribution in [1.82, 2.24) is 4.98 Å². The number of anilines is 1. The highest BCUT2D eigenvalue weighted by atomic mass is 32.2. The molecule has 0 spiro atoms. The highest BCUT2D eigenvalue weighted by Crippen LogP contribution is 2.38. The van der Waals surface area contributed by atoms with Crippen molar-refractivity contribution in [2.45, 2.75) is 16.7 Å². The molecule has 0 fully saturated rings. The number of carbonyl (C=O) groups is 2. The van der Waals surface area contributed by atoms with Crippen LogP contribution < -0.4 is 11.1 Å². The van der Waals surface area contributed by atoms with Gasteiger partial charge >= 0.3 is 0 Å². The third-order valence-corrected chi connectivity index (χ3v) is 7.18. The van der Waals surface area contributed by atoms with Crippen molar-refractivity contribution in [1.29, 1.82) is 0 Å². The molecule has 2 amide bonds. The molecule has 1 heterocycles. The molecule has 0 aliphatic heterocycles. The van der Waals surface area contributed by atoms with Gasteiger partial charge in [0.2, 0.25) is 11.8 Å². The molecule has 0 atom stereocenters. The van der Waals surface area contributed by atoms with Crippen LogP contribution in [-0.4, -0.2) is 22.6 Å². The maximum atomic E-state index is 13.2. The summed E-state index contributed by atoms with van der Waals surface area (Å²) < 4.78 is 0.686. The lowest BCUT2D eigenvalue weighted by molar-refractivity contribution is -0.116. The Hall–Kier alpha value is -3.42. The number of primary amides is 1.